The molecule has 1 saturated carbocycles. The molecule has 0 spiro atoms. The van der Waals surface area contributed by atoms with Crippen molar-refractivity contribution >= 4 is 18.1 Å². The van der Waals surface area contributed by atoms with Gasteiger partial charge in [0.2, 0.25) is 17.8 Å². The van der Waals surface area contributed by atoms with Crippen LogP contribution in [-0.4, -0.2) is 55.4 Å². The van der Waals surface area contributed by atoms with Crippen LogP contribution in [0.5, 0.6) is 5.88 Å². The SMILES string of the molecule is CC(NC1=NC2C(Cc3[nH]c(=O)[nH]c3O)C=NN2C(=NC2CC2)N1)c1ccncc1. The van der Waals surface area contributed by atoms with Gasteiger partial charge in [-0.25, -0.2) is 19.8 Å². The number of rotatable bonds is 5. The van der Waals surface area contributed by atoms with Crippen molar-refractivity contribution in [3.8, 4) is 5.88 Å². The Balaban J connectivity index is 1.40. The van der Waals surface area contributed by atoms with Crippen LogP contribution >= 0.6 is 0 Å². The number of aliphatic imine (C=N–C) groups is 2. The summed E-state index contributed by atoms with van der Waals surface area (Å²) in [4.78, 5) is 30.1. The maximum absolute atomic E-state index is 11.5. The number of aromatic nitrogens is 3. The Kier molecular flexibility index (Phi) is 4.49. The van der Waals surface area contributed by atoms with E-state index >= 15 is 0 Å². The highest BCUT2D eigenvalue weighted by Crippen LogP contribution is 2.29. The molecule has 0 aromatic carbocycles. The fourth-order valence-corrected chi connectivity index (χ4v) is 3.58. The second-order valence-corrected chi connectivity index (χ2v) is 7.73. The molecule has 4 heterocycles. The number of pyridine rings is 1. The van der Waals surface area contributed by atoms with Gasteiger partial charge in [-0.15, -0.1) is 0 Å². The first-order valence-corrected chi connectivity index (χ1v) is 9.99. The monoisotopic (exact) mass is 409 g/mol. The molecule has 0 radical (unpaired) electrons. The topological polar surface area (TPSA) is 146 Å². The molecule has 5 N–H and O–H groups in total. The van der Waals surface area contributed by atoms with Crippen LogP contribution in [-0.2, 0) is 6.42 Å². The first kappa shape index (κ1) is 18.4. The van der Waals surface area contributed by atoms with Crippen molar-refractivity contribution in [2.75, 3.05) is 0 Å². The van der Waals surface area contributed by atoms with E-state index in [0.717, 1.165) is 18.4 Å². The minimum Gasteiger partial charge on any atom is -0.493 e. The van der Waals surface area contributed by atoms with E-state index in [1.807, 2.05) is 12.1 Å². The highest BCUT2D eigenvalue weighted by molar-refractivity contribution is 6.01. The van der Waals surface area contributed by atoms with E-state index in [1.165, 1.54) is 0 Å². The van der Waals surface area contributed by atoms with Crippen molar-refractivity contribution in [3.63, 3.8) is 0 Å². The number of hydrogen-bond donors (Lipinski definition) is 5. The lowest BCUT2D eigenvalue weighted by Gasteiger charge is -2.32. The summed E-state index contributed by atoms with van der Waals surface area (Å²) in [7, 11) is 0. The largest absolute Gasteiger partial charge is 0.493 e. The number of hydrazone groups is 1. The number of guanidine groups is 2. The van der Waals surface area contributed by atoms with E-state index in [9.17, 15) is 9.90 Å². The normalized spacial score (nSPS) is 25.0. The first-order valence-electron chi connectivity index (χ1n) is 9.99. The quantitative estimate of drug-likeness (QED) is 0.484. The summed E-state index contributed by atoms with van der Waals surface area (Å²) in [6.07, 6.45) is 7.52. The summed E-state index contributed by atoms with van der Waals surface area (Å²) >= 11 is 0. The summed E-state index contributed by atoms with van der Waals surface area (Å²) in [6, 6.07) is 4.24. The van der Waals surface area contributed by atoms with Crippen LogP contribution < -0.4 is 16.3 Å². The van der Waals surface area contributed by atoms with E-state index in [1.54, 1.807) is 23.6 Å². The maximum Gasteiger partial charge on any atom is 0.325 e. The second-order valence-electron chi connectivity index (χ2n) is 7.73. The van der Waals surface area contributed by atoms with Gasteiger partial charge >= 0.3 is 5.69 Å². The molecule has 5 rings (SSSR count). The Labute approximate surface area is 172 Å². The molecule has 3 aliphatic rings. The number of nitrogens with zero attached hydrogens (tertiary/aromatic N) is 5. The van der Waals surface area contributed by atoms with E-state index in [-0.39, 0.29) is 24.0 Å². The average Bonchev–Trinajstić information content (AvgIpc) is 3.37. The van der Waals surface area contributed by atoms with Crippen LogP contribution in [0.4, 0.5) is 0 Å². The zero-order valence-electron chi connectivity index (χ0n) is 16.4. The molecule has 1 fully saturated rings. The van der Waals surface area contributed by atoms with Gasteiger partial charge in [0.05, 0.1) is 17.8 Å². The number of nitrogens with one attached hydrogen (secondary N) is 4. The second kappa shape index (κ2) is 7.32. The molecule has 2 aromatic rings. The molecule has 11 heteroatoms. The van der Waals surface area contributed by atoms with Gasteiger partial charge in [0, 0.05) is 30.9 Å². The molecule has 2 aliphatic heterocycles. The van der Waals surface area contributed by atoms with Gasteiger partial charge in [0.1, 0.15) is 0 Å². The Morgan fingerprint density at radius 3 is 2.83 bits per heavy atom. The molecule has 3 atom stereocenters. The van der Waals surface area contributed by atoms with Crippen molar-refractivity contribution < 1.29 is 5.11 Å². The maximum atomic E-state index is 11.5. The minimum absolute atomic E-state index is 0.0128. The van der Waals surface area contributed by atoms with Gasteiger partial charge in [-0.05, 0) is 37.5 Å². The zero-order chi connectivity index (χ0) is 20.7. The highest BCUT2D eigenvalue weighted by atomic mass is 16.3. The first-order chi connectivity index (χ1) is 14.6. The van der Waals surface area contributed by atoms with Crippen molar-refractivity contribution in [3.05, 3.63) is 46.3 Å². The summed E-state index contributed by atoms with van der Waals surface area (Å²) < 4.78 is 0. The number of fused-ring (bicyclic) bond motifs is 1. The minimum atomic E-state index is -0.437. The van der Waals surface area contributed by atoms with Crippen molar-refractivity contribution in [2.45, 2.75) is 44.4 Å². The van der Waals surface area contributed by atoms with Gasteiger partial charge < -0.3 is 15.4 Å². The molecule has 0 amide bonds. The van der Waals surface area contributed by atoms with Crippen LogP contribution in [0.1, 0.15) is 37.1 Å². The molecule has 0 saturated heterocycles. The zero-order valence-corrected chi connectivity index (χ0v) is 16.4. The third-order valence-corrected chi connectivity index (χ3v) is 5.36. The lowest BCUT2D eigenvalue weighted by Crippen LogP contribution is -2.55. The Morgan fingerprint density at radius 1 is 1.33 bits per heavy atom. The Hall–Kier alpha value is -3.63. The third-order valence-electron chi connectivity index (χ3n) is 5.36. The van der Waals surface area contributed by atoms with E-state index in [4.69, 9.17) is 9.98 Å². The van der Waals surface area contributed by atoms with Gasteiger partial charge in [0.25, 0.3) is 0 Å². The third kappa shape index (κ3) is 3.65. The number of imidazole rings is 1. The molecular formula is C19H23N9O2. The molecule has 11 nitrogen and oxygen atoms in total. The number of aromatic hydroxyl groups is 1. The highest BCUT2D eigenvalue weighted by Gasteiger charge is 2.39. The van der Waals surface area contributed by atoms with Crippen molar-refractivity contribution in [1.29, 1.82) is 0 Å². The molecule has 1 aliphatic carbocycles. The van der Waals surface area contributed by atoms with Crippen LogP contribution in [0.2, 0.25) is 0 Å². The van der Waals surface area contributed by atoms with Crippen molar-refractivity contribution in [2.24, 2.45) is 21.0 Å². The van der Waals surface area contributed by atoms with Crippen LogP contribution in [0.3, 0.4) is 0 Å². The standard InChI is InChI=1S/C19H23N9O2/c1-10(11-4-6-20-7-5-11)22-17-25-15-12(8-14-16(29)26-19(30)24-14)9-21-28(15)18(27-17)23-13-2-3-13/h4-7,9-10,12-13,15,29H,2-3,8H2,1H3,(H2,24,26,30)(H2,22,23,25,27). The van der Waals surface area contributed by atoms with E-state index in [0.29, 0.717) is 30.1 Å². The fraction of sp³-hybridized carbons (Fsp3) is 0.421. The molecule has 2 aromatic heterocycles. The van der Waals surface area contributed by atoms with Crippen LogP contribution in [0, 0.1) is 5.92 Å². The van der Waals surface area contributed by atoms with Gasteiger partial charge in [-0.2, -0.15) is 5.10 Å². The average molecular weight is 409 g/mol. The molecule has 0 bridgehead atoms. The number of H-pyrrole nitrogens is 2. The summed E-state index contributed by atoms with van der Waals surface area (Å²) in [5.74, 6) is 0.984. The van der Waals surface area contributed by atoms with Gasteiger partial charge in [0.15, 0.2) is 6.17 Å². The predicted molar refractivity (Wildman–Crippen MR) is 111 cm³/mol. The van der Waals surface area contributed by atoms with E-state index in [2.05, 4.69) is 37.6 Å². The predicted octanol–water partition coefficient (Wildman–Crippen LogP) is 0.418. The molecule has 30 heavy (non-hydrogen) atoms. The summed E-state index contributed by atoms with van der Waals surface area (Å²) in [6.45, 7) is 2.05. The van der Waals surface area contributed by atoms with Crippen molar-refractivity contribution in [1.82, 2.24) is 30.6 Å². The molecule has 156 valence electrons. The Bertz CT molecular complexity index is 1070. The van der Waals surface area contributed by atoms with Crippen LogP contribution in [0.15, 0.2) is 44.4 Å². The Morgan fingerprint density at radius 2 is 2.13 bits per heavy atom. The van der Waals surface area contributed by atoms with Crippen LogP contribution in [0.25, 0.3) is 0 Å². The lowest BCUT2D eigenvalue weighted by molar-refractivity contribution is 0.299. The molecular weight excluding hydrogens is 386 g/mol. The summed E-state index contributed by atoms with van der Waals surface area (Å²) in [5.41, 5.74) is 1.09. The molecule has 3 unspecified atom stereocenters. The van der Waals surface area contributed by atoms with Gasteiger partial charge in [-0.3, -0.25) is 15.3 Å². The fourth-order valence-electron chi connectivity index (χ4n) is 3.58. The summed E-state index contributed by atoms with van der Waals surface area (Å²) in [5, 5.41) is 22.9. The lowest BCUT2D eigenvalue weighted by atomic mass is 10.0. The number of aromatic amines is 2. The van der Waals surface area contributed by atoms with Gasteiger partial charge in [-0.1, -0.05) is 0 Å². The van der Waals surface area contributed by atoms with E-state index < -0.39 is 5.69 Å². The smallest absolute Gasteiger partial charge is 0.325 e. The number of hydrogen-bond acceptors (Lipinski definition) is 7.